The number of amides is 2. The Balaban J connectivity index is 1.29. The molecule has 5 aliphatic rings. The Morgan fingerprint density at radius 3 is 2.16 bits per heavy atom. The molecular weight excluding hydrogens is 564 g/mol. The first-order valence-corrected chi connectivity index (χ1v) is 16.6. The zero-order chi connectivity index (χ0) is 32.4. The lowest BCUT2D eigenvalue weighted by Crippen LogP contribution is -2.61. The van der Waals surface area contributed by atoms with Crippen LogP contribution in [0.15, 0.2) is 0 Å². The highest BCUT2D eigenvalue weighted by atomic mass is 16.6. The van der Waals surface area contributed by atoms with E-state index in [1.165, 1.54) is 9.80 Å². The number of fused-ring (bicyclic) bond motifs is 5. The fraction of sp³-hybridized carbons (Fsp3) is 0.853. The van der Waals surface area contributed by atoms with Crippen LogP contribution in [-0.4, -0.2) is 82.5 Å². The summed E-state index contributed by atoms with van der Waals surface area (Å²) in [6, 6.07) is -1.05. The first-order valence-electron chi connectivity index (χ1n) is 16.6. The maximum absolute atomic E-state index is 13.8. The van der Waals surface area contributed by atoms with Crippen molar-refractivity contribution >= 4 is 29.7 Å². The number of Topliss-reactive ketones (excluding diaryl/α,β-unsaturated/α-hetero) is 2. The lowest BCUT2D eigenvalue weighted by Gasteiger charge is -2.59. The number of hydrogen-bond donors (Lipinski definition) is 0. The van der Waals surface area contributed by atoms with Crippen molar-refractivity contribution in [2.75, 3.05) is 19.6 Å². The topological polar surface area (TPSA) is 120 Å². The second kappa shape index (κ2) is 11.3. The maximum Gasteiger partial charge on any atom is 0.411 e. The number of esters is 1. The molecule has 44 heavy (non-hydrogen) atoms. The van der Waals surface area contributed by atoms with Gasteiger partial charge in [0.25, 0.3) is 0 Å². The monoisotopic (exact) mass is 616 g/mol. The molecule has 2 amide bonds. The van der Waals surface area contributed by atoms with Gasteiger partial charge in [-0.2, -0.15) is 0 Å². The molecule has 5 fully saturated rings. The predicted molar refractivity (Wildman–Crippen MR) is 162 cm³/mol. The van der Waals surface area contributed by atoms with E-state index in [-0.39, 0.29) is 54.0 Å². The van der Waals surface area contributed by atoms with Gasteiger partial charge in [0.15, 0.2) is 6.04 Å². The second-order valence-corrected chi connectivity index (χ2v) is 16.5. The molecule has 0 aromatic heterocycles. The Morgan fingerprint density at radius 2 is 1.50 bits per heavy atom. The van der Waals surface area contributed by atoms with E-state index in [1.54, 1.807) is 41.5 Å². The first-order chi connectivity index (χ1) is 20.3. The van der Waals surface area contributed by atoms with E-state index in [2.05, 4.69) is 13.8 Å². The highest BCUT2D eigenvalue weighted by Gasteiger charge is 2.62. The summed E-state index contributed by atoms with van der Waals surface area (Å²) in [6.07, 6.45) is 4.08. The van der Waals surface area contributed by atoms with Gasteiger partial charge in [-0.1, -0.05) is 13.8 Å². The summed E-state index contributed by atoms with van der Waals surface area (Å²) in [5.74, 6) is 0.696. The van der Waals surface area contributed by atoms with Crippen LogP contribution in [0.1, 0.15) is 107 Å². The number of ketones is 2. The van der Waals surface area contributed by atoms with Crippen LogP contribution in [-0.2, 0) is 28.6 Å². The van der Waals surface area contributed by atoms with Gasteiger partial charge in [-0.3, -0.25) is 14.5 Å². The Morgan fingerprint density at radius 1 is 0.841 bits per heavy atom. The van der Waals surface area contributed by atoms with E-state index < -0.39 is 41.5 Å². The lowest BCUT2D eigenvalue weighted by molar-refractivity contribution is -0.173. The average molecular weight is 617 g/mol. The molecule has 2 unspecified atom stereocenters. The van der Waals surface area contributed by atoms with Crippen molar-refractivity contribution in [2.24, 2.45) is 34.5 Å². The molecule has 1 saturated heterocycles. The molecule has 4 saturated carbocycles. The predicted octanol–water partition coefficient (Wildman–Crippen LogP) is 5.55. The molecule has 5 rings (SSSR count). The van der Waals surface area contributed by atoms with Gasteiger partial charge in [0.05, 0.1) is 6.54 Å². The summed E-state index contributed by atoms with van der Waals surface area (Å²) in [4.78, 5) is 69.1. The molecule has 0 spiro atoms. The van der Waals surface area contributed by atoms with E-state index in [1.807, 2.05) is 0 Å². The minimum Gasteiger partial charge on any atom is -0.461 e. The SMILES string of the molecule is CC(C)(C)OC(=O)N1CCN(C(=O)OC(C)(C)C)C(C(=O)OC2CC[C@@]3(C)[C@H](C2)C(=O)C[C@@H]2[C@@H]3CC[C@]3(C)C(=O)CC[C@@H]23)C1. The van der Waals surface area contributed by atoms with Crippen LogP contribution in [0.25, 0.3) is 0 Å². The van der Waals surface area contributed by atoms with Gasteiger partial charge in [-0.05, 0) is 103 Å². The van der Waals surface area contributed by atoms with E-state index in [4.69, 9.17) is 14.2 Å². The van der Waals surface area contributed by atoms with Gasteiger partial charge in [0.2, 0.25) is 0 Å². The minimum absolute atomic E-state index is 0.0670. The molecule has 8 atom stereocenters. The van der Waals surface area contributed by atoms with Gasteiger partial charge in [-0.25, -0.2) is 14.4 Å². The second-order valence-electron chi connectivity index (χ2n) is 16.5. The van der Waals surface area contributed by atoms with Gasteiger partial charge < -0.3 is 19.1 Å². The normalized spacial score (nSPS) is 37.5. The van der Waals surface area contributed by atoms with Gasteiger partial charge in [-0.15, -0.1) is 0 Å². The highest BCUT2D eigenvalue weighted by molar-refractivity contribution is 5.88. The zero-order valence-electron chi connectivity index (χ0n) is 27.9. The van der Waals surface area contributed by atoms with Crippen molar-refractivity contribution in [1.29, 1.82) is 0 Å². The van der Waals surface area contributed by atoms with Crippen LogP contribution in [0.3, 0.4) is 0 Å². The minimum atomic E-state index is -1.05. The van der Waals surface area contributed by atoms with Crippen molar-refractivity contribution in [3.05, 3.63) is 0 Å². The Kier molecular flexibility index (Phi) is 8.41. The third kappa shape index (κ3) is 6.11. The fourth-order valence-corrected chi connectivity index (χ4v) is 9.14. The Labute approximate surface area is 261 Å². The molecule has 246 valence electrons. The van der Waals surface area contributed by atoms with E-state index in [0.29, 0.717) is 37.4 Å². The van der Waals surface area contributed by atoms with E-state index in [0.717, 1.165) is 25.7 Å². The summed E-state index contributed by atoms with van der Waals surface area (Å²) < 4.78 is 17.2. The summed E-state index contributed by atoms with van der Waals surface area (Å²) in [7, 11) is 0. The number of carbonyl (C=O) groups is 5. The average Bonchev–Trinajstić information content (AvgIpc) is 3.21. The maximum atomic E-state index is 13.8. The Hall–Kier alpha value is -2.65. The van der Waals surface area contributed by atoms with Crippen molar-refractivity contribution in [3.8, 4) is 0 Å². The molecule has 1 heterocycles. The highest BCUT2D eigenvalue weighted by Crippen LogP contribution is 2.64. The number of ether oxygens (including phenoxy) is 3. The van der Waals surface area contributed by atoms with E-state index >= 15 is 0 Å². The van der Waals surface area contributed by atoms with Crippen LogP contribution in [0.5, 0.6) is 0 Å². The molecule has 0 aromatic carbocycles. The van der Waals surface area contributed by atoms with Crippen LogP contribution >= 0.6 is 0 Å². The van der Waals surface area contributed by atoms with Gasteiger partial charge in [0, 0.05) is 37.3 Å². The molecule has 0 N–H and O–H groups in total. The van der Waals surface area contributed by atoms with Crippen molar-refractivity contribution in [3.63, 3.8) is 0 Å². The summed E-state index contributed by atoms with van der Waals surface area (Å²) in [5.41, 5.74) is -1.94. The number of piperazine rings is 1. The molecule has 1 aliphatic heterocycles. The largest absolute Gasteiger partial charge is 0.461 e. The molecule has 10 nitrogen and oxygen atoms in total. The molecule has 0 bridgehead atoms. The molecular formula is C34H52N2O8. The summed E-state index contributed by atoms with van der Waals surface area (Å²) in [5, 5.41) is 0. The summed E-state index contributed by atoms with van der Waals surface area (Å²) in [6.45, 7) is 15.2. The van der Waals surface area contributed by atoms with Crippen molar-refractivity contribution in [2.45, 2.75) is 130 Å². The van der Waals surface area contributed by atoms with Crippen LogP contribution < -0.4 is 0 Å². The number of hydrogen-bond acceptors (Lipinski definition) is 8. The first kappa shape index (κ1) is 32.7. The number of rotatable bonds is 2. The lowest BCUT2D eigenvalue weighted by atomic mass is 9.45. The quantitative estimate of drug-likeness (QED) is 0.293. The smallest absolute Gasteiger partial charge is 0.411 e. The fourth-order valence-electron chi connectivity index (χ4n) is 9.14. The van der Waals surface area contributed by atoms with Crippen LogP contribution in [0, 0.1) is 34.5 Å². The molecule has 0 radical (unpaired) electrons. The molecule has 0 aromatic rings. The van der Waals surface area contributed by atoms with Crippen LogP contribution in [0.2, 0.25) is 0 Å². The van der Waals surface area contributed by atoms with E-state index in [9.17, 15) is 24.0 Å². The van der Waals surface area contributed by atoms with Crippen LogP contribution in [0.4, 0.5) is 9.59 Å². The van der Waals surface area contributed by atoms with Gasteiger partial charge in [0.1, 0.15) is 28.9 Å². The zero-order valence-corrected chi connectivity index (χ0v) is 27.9. The standard InChI is InChI=1S/C34H52N2O8/c1-31(2,3)43-29(40)35-15-16-36(30(41)44-32(4,5)6)25(19-35)28(39)42-20-11-13-33(7)23-12-14-34(8)22(9-10-27(34)38)21(23)18-26(37)24(33)17-20/h20-25H,9-19H2,1-8H3/t20?,21-,22-,23-,24+,25?,33+,34-/m0/s1. The summed E-state index contributed by atoms with van der Waals surface area (Å²) >= 11 is 0. The van der Waals surface area contributed by atoms with Gasteiger partial charge >= 0.3 is 18.2 Å². The molecule has 10 heteroatoms. The third-order valence-corrected chi connectivity index (χ3v) is 11.3. The van der Waals surface area contributed by atoms with Crippen molar-refractivity contribution in [1.82, 2.24) is 9.80 Å². The number of nitrogens with zero attached hydrogens (tertiary/aromatic N) is 2. The Bertz CT molecular complexity index is 1200. The van der Waals surface area contributed by atoms with Crippen molar-refractivity contribution < 1.29 is 38.2 Å². The third-order valence-electron chi connectivity index (χ3n) is 11.3. The number of carbonyl (C=O) groups excluding carboxylic acids is 5. The molecule has 4 aliphatic carbocycles.